The van der Waals surface area contributed by atoms with Gasteiger partial charge in [-0.15, -0.1) is 11.8 Å². The van der Waals surface area contributed by atoms with E-state index in [1.807, 2.05) is 16.8 Å². The fraction of sp³-hybridized carbons (Fsp3) is 0.455. The van der Waals surface area contributed by atoms with Gasteiger partial charge < -0.3 is 15.3 Å². The number of nitrogens with zero attached hydrogens (tertiary/aromatic N) is 1. The molecule has 0 aliphatic carbocycles. The van der Waals surface area contributed by atoms with Crippen LogP contribution in [0.4, 0.5) is 4.79 Å². The average molecular weight is 286 g/mol. The summed E-state index contributed by atoms with van der Waals surface area (Å²) >= 11 is 3.09. The first-order valence-corrected chi connectivity index (χ1v) is 7.64. The van der Waals surface area contributed by atoms with Crippen molar-refractivity contribution in [3.05, 3.63) is 22.4 Å². The van der Waals surface area contributed by atoms with Crippen LogP contribution in [-0.2, 0) is 11.2 Å². The van der Waals surface area contributed by atoms with E-state index in [9.17, 15) is 9.59 Å². The van der Waals surface area contributed by atoms with Gasteiger partial charge in [-0.25, -0.2) is 9.59 Å². The maximum absolute atomic E-state index is 11.8. The molecule has 1 aliphatic heterocycles. The lowest BCUT2D eigenvalue weighted by molar-refractivity contribution is -0.140. The van der Waals surface area contributed by atoms with Crippen LogP contribution in [0.15, 0.2) is 16.8 Å². The molecule has 1 fully saturated rings. The lowest BCUT2D eigenvalue weighted by Crippen LogP contribution is -2.47. The van der Waals surface area contributed by atoms with Crippen LogP contribution in [0.3, 0.4) is 0 Å². The van der Waals surface area contributed by atoms with Crippen molar-refractivity contribution in [3.8, 4) is 0 Å². The molecule has 0 radical (unpaired) electrons. The van der Waals surface area contributed by atoms with E-state index in [4.69, 9.17) is 5.11 Å². The number of rotatable bonds is 4. The molecule has 1 aliphatic rings. The second kappa shape index (κ2) is 6.10. The normalized spacial score (nSPS) is 18.9. The molecule has 2 N–H and O–H groups in total. The summed E-state index contributed by atoms with van der Waals surface area (Å²) in [5.41, 5.74) is 1.19. The van der Waals surface area contributed by atoms with E-state index in [2.05, 4.69) is 5.32 Å². The van der Waals surface area contributed by atoms with Crippen molar-refractivity contribution < 1.29 is 14.7 Å². The van der Waals surface area contributed by atoms with Gasteiger partial charge >= 0.3 is 12.0 Å². The number of aliphatic carboxylic acids is 1. The Hall–Kier alpha value is -1.21. The molecular formula is C11H14N2O3S2. The molecule has 1 saturated heterocycles. The van der Waals surface area contributed by atoms with Gasteiger partial charge in [-0.3, -0.25) is 0 Å². The van der Waals surface area contributed by atoms with Crippen LogP contribution in [0.1, 0.15) is 5.56 Å². The topological polar surface area (TPSA) is 69.6 Å². The molecule has 18 heavy (non-hydrogen) atoms. The highest BCUT2D eigenvalue weighted by molar-refractivity contribution is 7.99. The number of thiophene rings is 1. The monoisotopic (exact) mass is 286 g/mol. The van der Waals surface area contributed by atoms with Gasteiger partial charge in [0.2, 0.25) is 0 Å². The molecule has 0 saturated carbocycles. The third-order valence-electron chi connectivity index (χ3n) is 2.70. The smallest absolute Gasteiger partial charge is 0.327 e. The largest absolute Gasteiger partial charge is 0.480 e. The van der Waals surface area contributed by atoms with Gasteiger partial charge in [0.15, 0.2) is 0 Å². The van der Waals surface area contributed by atoms with Gasteiger partial charge in [0.05, 0.1) is 5.88 Å². The summed E-state index contributed by atoms with van der Waals surface area (Å²) in [6.07, 6.45) is 0.772. The predicted molar refractivity (Wildman–Crippen MR) is 72.0 cm³/mol. The minimum atomic E-state index is -0.937. The molecule has 0 bridgehead atoms. The second-order valence-corrected chi connectivity index (χ2v) is 5.72. The predicted octanol–water partition coefficient (Wildman–Crippen LogP) is 1.46. The van der Waals surface area contributed by atoms with Crippen molar-refractivity contribution in [2.24, 2.45) is 0 Å². The lowest BCUT2D eigenvalue weighted by atomic mass is 10.2. The van der Waals surface area contributed by atoms with Gasteiger partial charge in [0, 0.05) is 12.3 Å². The fourth-order valence-corrected chi connectivity index (χ4v) is 3.55. The number of carbonyl (C=O) groups excluding carboxylic acids is 1. The van der Waals surface area contributed by atoms with Crippen molar-refractivity contribution >= 4 is 35.1 Å². The number of carboxylic acid groups (broad SMARTS) is 1. The Labute approximate surface area is 113 Å². The molecule has 1 aromatic rings. The van der Waals surface area contributed by atoms with Crippen LogP contribution in [0.25, 0.3) is 0 Å². The zero-order chi connectivity index (χ0) is 13.0. The van der Waals surface area contributed by atoms with E-state index in [1.165, 1.54) is 22.2 Å². The fourth-order valence-electron chi connectivity index (χ4n) is 1.70. The highest BCUT2D eigenvalue weighted by Gasteiger charge is 2.34. The molecule has 7 heteroatoms. The standard InChI is InChI=1S/C11H14N2O3S2/c14-10(15)9-6-18-7-13(9)11(16)12-3-1-8-2-4-17-5-8/h2,4-5,9H,1,3,6-7H2,(H,12,16)(H,14,15). The van der Waals surface area contributed by atoms with Crippen molar-refractivity contribution in [2.45, 2.75) is 12.5 Å². The van der Waals surface area contributed by atoms with Crippen LogP contribution < -0.4 is 5.32 Å². The molecule has 1 unspecified atom stereocenters. The molecule has 5 nitrogen and oxygen atoms in total. The minimum absolute atomic E-state index is 0.289. The van der Waals surface area contributed by atoms with Crippen molar-refractivity contribution in [2.75, 3.05) is 18.2 Å². The van der Waals surface area contributed by atoms with Gasteiger partial charge in [-0.2, -0.15) is 11.3 Å². The molecule has 0 aromatic carbocycles. The summed E-state index contributed by atoms with van der Waals surface area (Å²) < 4.78 is 0. The summed E-state index contributed by atoms with van der Waals surface area (Å²) in [6, 6.07) is 1.03. The Balaban J connectivity index is 1.79. The van der Waals surface area contributed by atoms with E-state index in [-0.39, 0.29) is 6.03 Å². The van der Waals surface area contributed by atoms with Crippen LogP contribution >= 0.6 is 23.1 Å². The van der Waals surface area contributed by atoms with Gasteiger partial charge in [0.1, 0.15) is 6.04 Å². The lowest BCUT2D eigenvalue weighted by Gasteiger charge is -2.20. The van der Waals surface area contributed by atoms with Crippen molar-refractivity contribution in [1.82, 2.24) is 10.2 Å². The summed E-state index contributed by atoms with van der Waals surface area (Å²) in [4.78, 5) is 24.1. The number of carbonyl (C=O) groups is 2. The first kappa shape index (κ1) is 13.2. The Morgan fingerprint density at radius 1 is 1.56 bits per heavy atom. The van der Waals surface area contributed by atoms with Gasteiger partial charge in [-0.1, -0.05) is 0 Å². The van der Waals surface area contributed by atoms with E-state index >= 15 is 0 Å². The molecule has 1 aromatic heterocycles. The Kier molecular flexibility index (Phi) is 4.48. The molecular weight excluding hydrogens is 272 g/mol. The number of urea groups is 1. The van der Waals surface area contributed by atoms with E-state index in [0.717, 1.165) is 6.42 Å². The summed E-state index contributed by atoms with van der Waals surface area (Å²) in [5, 5.41) is 15.8. The van der Waals surface area contributed by atoms with Crippen LogP contribution in [0, 0.1) is 0 Å². The number of nitrogens with one attached hydrogen (secondary N) is 1. The van der Waals surface area contributed by atoms with Crippen LogP contribution in [0.2, 0.25) is 0 Å². The third-order valence-corrected chi connectivity index (χ3v) is 4.44. The number of amides is 2. The molecule has 0 spiro atoms. The molecule has 98 valence electrons. The Morgan fingerprint density at radius 3 is 3.06 bits per heavy atom. The van der Waals surface area contributed by atoms with Crippen LogP contribution in [-0.4, -0.2) is 46.2 Å². The molecule has 2 amide bonds. The number of carboxylic acids is 1. The highest BCUT2D eigenvalue weighted by atomic mass is 32.2. The zero-order valence-corrected chi connectivity index (χ0v) is 11.3. The number of hydrogen-bond acceptors (Lipinski definition) is 4. The zero-order valence-electron chi connectivity index (χ0n) is 9.67. The Morgan fingerprint density at radius 2 is 2.39 bits per heavy atom. The van der Waals surface area contributed by atoms with Crippen LogP contribution in [0.5, 0.6) is 0 Å². The van der Waals surface area contributed by atoms with E-state index in [1.54, 1.807) is 11.3 Å². The highest BCUT2D eigenvalue weighted by Crippen LogP contribution is 2.20. The van der Waals surface area contributed by atoms with E-state index < -0.39 is 12.0 Å². The number of thioether (sulfide) groups is 1. The maximum atomic E-state index is 11.8. The third kappa shape index (κ3) is 3.17. The summed E-state index contributed by atoms with van der Waals surface area (Å²) in [5.74, 6) is -0.0258. The second-order valence-electron chi connectivity index (χ2n) is 3.94. The van der Waals surface area contributed by atoms with Crippen molar-refractivity contribution in [1.29, 1.82) is 0 Å². The quantitative estimate of drug-likeness (QED) is 0.879. The Bertz CT molecular complexity index is 422. The SMILES string of the molecule is O=C(O)C1CSCN1C(=O)NCCc1ccsc1. The van der Waals surface area contributed by atoms with Gasteiger partial charge in [0.25, 0.3) is 0 Å². The van der Waals surface area contributed by atoms with Gasteiger partial charge in [-0.05, 0) is 28.8 Å². The van der Waals surface area contributed by atoms with E-state index in [0.29, 0.717) is 18.2 Å². The number of hydrogen-bond donors (Lipinski definition) is 2. The van der Waals surface area contributed by atoms with Crippen molar-refractivity contribution in [3.63, 3.8) is 0 Å². The minimum Gasteiger partial charge on any atom is -0.480 e. The molecule has 1 atom stereocenters. The molecule has 2 rings (SSSR count). The summed E-state index contributed by atoms with van der Waals surface area (Å²) in [7, 11) is 0. The first-order valence-electron chi connectivity index (χ1n) is 5.54. The average Bonchev–Trinajstić information content (AvgIpc) is 2.99. The first-order chi connectivity index (χ1) is 8.68. The summed E-state index contributed by atoms with van der Waals surface area (Å²) in [6.45, 7) is 0.531. The maximum Gasteiger partial charge on any atom is 0.327 e. The molecule has 2 heterocycles.